The van der Waals surface area contributed by atoms with Crippen LogP contribution in [0.15, 0.2) is 24.3 Å². The van der Waals surface area contributed by atoms with Crippen molar-refractivity contribution in [2.45, 2.75) is 31.8 Å². The number of rotatable bonds is 5. The minimum Gasteiger partial charge on any atom is -0.541 e. The molecule has 6 heteroatoms. The van der Waals surface area contributed by atoms with Crippen molar-refractivity contribution >= 4 is 11.8 Å². The summed E-state index contributed by atoms with van der Waals surface area (Å²) in [7, 11) is 0. The van der Waals surface area contributed by atoms with Crippen LogP contribution in [0.2, 0.25) is 0 Å². The molecule has 3 rings (SSSR count). The largest absolute Gasteiger partial charge is 0.541 e. The first kappa shape index (κ1) is 14.9. The maximum Gasteiger partial charge on any atom is 0.441 e. The summed E-state index contributed by atoms with van der Waals surface area (Å²) in [6, 6.07) is 5.15. The number of hydrogen-bond donors (Lipinski definition) is 0. The van der Waals surface area contributed by atoms with E-state index in [2.05, 4.69) is 4.74 Å². The zero-order valence-corrected chi connectivity index (χ0v) is 11.8. The molecule has 3 atom stereocenters. The van der Waals surface area contributed by atoms with Crippen LogP contribution >= 0.6 is 0 Å². The van der Waals surface area contributed by atoms with Crippen LogP contribution in [0.1, 0.15) is 36.0 Å². The van der Waals surface area contributed by atoms with Gasteiger partial charge in [-0.25, -0.2) is 0 Å². The van der Waals surface area contributed by atoms with Crippen LogP contribution in [0, 0.1) is 17.8 Å². The summed E-state index contributed by atoms with van der Waals surface area (Å²) >= 11 is 0. The summed E-state index contributed by atoms with van der Waals surface area (Å²) in [6.07, 6.45) is -0.101. The van der Waals surface area contributed by atoms with Gasteiger partial charge in [-0.2, -0.15) is 8.78 Å². The summed E-state index contributed by atoms with van der Waals surface area (Å²) in [4.78, 5) is 22.7. The highest BCUT2D eigenvalue weighted by molar-refractivity contribution is 5.98. The van der Waals surface area contributed by atoms with Crippen LogP contribution in [0.3, 0.4) is 0 Å². The molecule has 0 heterocycles. The van der Waals surface area contributed by atoms with E-state index in [1.807, 2.05) is 0 Å². The zero-order chi connectivity index (χ0) is 15.9. The second-order valence-electron chi connectivity index (χ2n) is 6.08. The van der Waals surface area contributed by atoms with E-state index in [0.717, 1.165) is 19.3 Å². The number of aliphatic carboxylic acids is 1. The Morgan fingerprint density at radius 2 is 1.82 bits per heavy atom. The van der Waals surface area contributed by atoms with Crippen molar-refractivity contribution < 1.29 is 28.2 Å². The molecule has 0 radical (unpaired) electrons. The van der Waals surface area contributed by atoms with Crippen LogP contribution in [0.5, 0.6) is 5.75 Å². The second-order valence-corrected chi connectivity index (χ2v) is 6.08. The molecule has 1 aromatic rings. The number of carboxylic acids is 1. The topological polar surface area (TPSA) is 66.4 Å². The van der Waals surface area contributed by atoms with Gasteiger partial charge in [0, 0.05) is 11.5 Å². The quantitative estimate of drug-likeness (QED) is 0.781. The number of hydrogen-bond acceptors (Lipinski definition) is 4. The van der Waals surface area contributed by atoms with Crippen molar-refractivity contribution in [2.75, 3.05) is 0 Å². The lowest BCUT2D eigenvalue weighted by Gasteiger charge is -2.21. The SMILES string of the molecule is O=C(c1ccc(OC(F)(F)C(=O)[O-])cc1)C1CC2CCC1C2. The predicted octanol–water partition coefficient (Wildman–Crippen LogP) is 2.03. The molecular weight excluding hydrogens is 294 g/mol. The molecule has 118 valence electrons. The van der Waals surface area contributed by atoms with Gasteiger partial charge < -0.3 is 14.6 Å². The number of halogens is 2. The molecule has 2 aliphatic carbocycles. The first-order valence-corrected chi connectivity index (χ1v) is 7.29. The lowest BCUT2D eigenvalue weighted by molar-refractivity contribution is -0.350. The van der Waals surface area contributed by atoms with Gasteiger partial charge in [0.2, 0.25) is 0 Å². The number of Topliss-reactive ketones (excluding diaryl/α,β-unsaturated/α-hetero) is 1. The van der Waals surface area contributed by atoms with Gasteiger partial charge >= 0.3 is 6.11 Å². The number of fused-ring (bicyclic) bond motifs is 2. The Morgan fingerprint density at radius 3 is 2.32 bits per heavy atom. The van der Waals surface area contributed by atoms with Gasteiger partial charge in [0.25, 0.3) is 0 Å². The highest BCUT2D eigenvalue weighted by atomic mass is 19.3. The molecule has 22 heavy (non-hydrogen) atoms. The van der Waals surface area contributed by atoms with Crippen molar-refractivity contribution in [1.82, 2.24) is 0 Å². The van der Waals surface area contributed by atoms with Crippen molar-refractivity contribution in [2.24, 2.45) is 17.8 Å². The summed E-state index contributed by atoms with van der Waals surface area (Å²) in [5, 5.41) is 10.2. The van der Waals surface area contributed by atoms with Crippen molar-refractivity contribution in [1.29, 1.82) is 0 Å². The predicted molar refractivity (Wildman–Crippen MR) is 70.3 cm³/mol. The van der Waals surface area contributed by atoms with Crippen LogP contribution < -0.4 is 9.84 Å². The van der Waals surface area contributed by atoms with Crippen LogP contribution in [-0.4, -0.2) is 17.9 Å². The highest BCUT2D eigenvalue weighted by Gasteiger charge is 2.43. The monoisotopic (exact) mass is 309 g/mol. The van der Waals surface area contributed by atoms with Gasteiger partial charge in [-0.1, -0.05) is 6.42 Å². The first-order chi connectivity index (χ1) is 10.4. The number of ether oxygens (including phenoxy) is 1. The molecule has 0 saturated heterocycles. The molecule has 1 aromatic carbocycles. The van der Waals surface area contributed by atoms with Gasteiger partial charge in [-0.3, -0.25) is 4.79 Å². The normalized spacial score (nSPS) is 26.9. The fourth-order valence-corrected chi connectivity index (χ4v) is 3.66. The average molecular weight is 309 g/mol. The van der Waals surface area contributed by atoms with Crippen molar-refractivity contribution in [3.05, 3.63) is 29.8 Å². The number of carbonyl (C=O) groups excluding carboxylic acids is 2. The summed E-state index contributed by atoms with van der Waals surface area (Å²) in [5.74, 6) is -1.78. The Morgan fingerprint density at radius 1 is 1.14 bits per heavy atom. The van der Waals surface area contributed by atoms with Crippen LogP contribution in [0.25, 0.3) is 0 Å². The van der Waals surface area contributed by atoms with Crippen molar-refractivity contribution in [3.8, 4) is 5.75 Å². The lowest BCUT2D eigenvalue weighted by atomic mass is 9.83. The molecule has 3 unspecified atom stereocenters. The van der Waals surface area contributed by atoms with E-state index < -0.39 is 12.1 Å². The number of alkyl halides is 2. The molecule has 2 aliphatic rings. The van der Waals surface area contributed by atoms with Crippen LogP contribution in [0.4, 0.5) is 8.78 Å². The molecule has 2 fully saturated rings. The Kier molecular flexibility index (Phi) is 3.62. The Hall–Kier alpha value is -1.98. The van der Waals surface area contributed by atoms with E-state index in [1.165, 1.54) is 30.7 Å². The average Bonchev–Trinajstić information content (AvgIpc) is 3.09. The minimum absolute atomic E-state index is 0.0233. The van der Waals surface area contributed by atoms with E-state index >= 15 is 0 Å². The third-order valence-corrected chi connectivity index (χ3v) is 4.70. The Balaban J connectivity index is 1.69. The number of carbonyl (C=O) groups is 2. The van der Waals surface area contributed by atoms with Gasteiger partial charge in [0.1, 0.15) is 5.75 Å². The first-order valence-electron chi connectivity index (χ1n) is 7.29. The molecular formula is C16H15F2O4-. The Labute approximate surface area is 126 Å². The Bertz CT molecular complexity index is 597. The molecule has 0 spiro atoms. The fourth-order valence-electron chi connectivity index (χ4n) is 3.66. The lowest BCUT2D eigenvalue weighted by Crippen LogP contribution is -2.45. The third-order valence-electron chi connectivity index (χ3n) is 4.70. The van der Waals surface area contributed by atoms with Crippen LogP contribution in [-0.2, 0) is 4.79 Å². The van der Waals surface area contributed by atoms with E-state index in [0.29, 0.717) is 17.4 Å². The fraction of sp³-hybridized carbons (Fsp3) is 0.500. The molecule has 0 amide bonds. The van der Waals surface area contributed by atoms with E-state index in [1.54, 1.807) is 0 Å². The zero-order valence-electron chi connectivity index (χ0n) is 11.8. The molecule has 2 saturated carbocycles. The van der Waals surface area contributed by atoms with Gasteiger partial charge in [0.05, 0.1) is 0 Å². The summed E-state index contributed by atoms with van der Waals surface area (Å²) < 4.78 is 29.8. The number of carboxylic acid groups (broad SMARTS) is 1. The molecule has 2 bridgehead atoms. The molecule has 0 aromatic heterocycles. The number of benzene rings is 1. The third kappa shape index (κ3) is 2.69. The smallest absolute Gasteiger partial charge is 0.441 e. The molecule has 4 nitrogen and oxygen atoms in total. The standard InChI is InChI=1S/C16H16F2O4/c17-16(18,15(20)21)22-12-5-3-10(4-6-12)14(19)13-8-9-1-2-11(13)7-9/h3-6,9,11,13H,1-2,7-8H2,(H,20,21)/p-1. The van der Waals surface area contributed by atoms with Gasteiger partial charge in [0.15, 0.2) is 11.8 Å². The van der Waals surface area contributed by atoms with Gasteiger partial charge in [-0.05, 0) is 55.4 Å². The van der Waals surface area contributed by atoms with E-state index in [-0.39, 0.29) is 17.5 Å². The maximum absolute atomic E-state index is 12.9. The highest BCUT2D eigenvalue weighted by Crippen LogP contribution is 2.49. The summed E-state index contributed by atoms with van der Waals surface area (Å²) in [5.41, 5.74) is 0.446. The second kappa shape index (κ2) is 5.34. The van der Waals surface area contributed by atoms with E-state index in [4.69, 9.17) is 0 Å². The van der Waals surface area contributed by atoms with E-state index in [9.17, 15) is 23.5 Å². The van der Waals surface area contributed by atoms with Gasteiger partial charge in [-0.15, -0.1) is 0 Å². The van der Waals surface area contributed by atoms with Crippen molar-refractivity contribution in [3.63, 3.8) is 0 Å². The number of ketones is 1. The molecule has 0 aliphatic heterocycles. The summed E-state index contributed by atoms with van der Waals surface area (Å²) in [6.45, 7) is 0. The molecule has 0 N–H and O–H groups in total. The minimum atomic E-state index is -4.39. The maximum atomic E-state index is 12.9.